The zero-order valence-electron chi connectivity index (χ0n) is 6.21. The molecule has 4 N–H and O–H groups in total. The van der Waals surface area contributed by atoms with Crippen molar-refractivity contribution in [3.63, 3.8) is 0 Å². The van der Waals surface area contributed by atoms with E-state index in [1.165, 1.54) is 0 Å². The lowest BCUT2D eigenvalue weighted by Gasteiger charge is -1.88. The number of aromatic amines is 3. The Kier molecular flexibility index (Phi) is 1.35. The molecule has 8 heteroatoms. The molecule has 2 aromatic rings. The van der Waals surface area contributed by atoms with Crippen LogP contribution in [0, 0.1) is 5.53 Å². The lowest BCUT2D eigenvalue weighted by Crippen LogP contribution is -2.07. The Bertz CT molecular complexity index is 574. The van der Waals surface area contributed by atoms with Crippen molar-refractivity contribution in [3.8, 4) is 0 Å². The number of nitrogens with one attached hydrogen (secondary N) is 4. The Morgan fingerprint density at radius 1 is 1.23 bits per heavy atom. The summed E-state index contributed by atoms with van der Waals surface area (Å²) < 4.78 is 0. The molecule has 0 bridgehead atoms. The highest BCUT2D eigenvalue weighted by Gasteiger charge is 2.05. The first-order valence-electron chi connectivity index (χ1n) is 3.30. The molecule has 0 aliphatic rings. The van der Waals surface area contributed by atoms with Crippen LogP contribution >= 0.6 is 0 Å². The fourth-order valence-corrected chi connectivity index (χ4v) is 0.973. The van der Waals surface area contributed by atoms with Crippen molar-refractivity contribution in [1.82, 2.24) is 19.9 Å². The summed E-state index contributed by atoms with van der Waals surface area (Å²) in [6, 6.07) is 0. The van der Waals surface area contributed by atoms with Crippen LogP contribution in [-0.2, 0) is 0 Å². The van der Waals surface area contributed by atoms with Gasteiger partial charge in [0.05, 0.1) is 0 Å². The van der Waals surface area contributed by atoms with Crippen molar-refractivity contribution in [1.29, 1.82) is 5.53 Å². The normalized spacial score (nSPS) is 10.5. The smallest absolute Gasteiger partial charge is 0.300 e. The third kappa shape index (κ3) is 1.04. The first-order valence-corrected chi connectivity index (χ1v) is 3.30. The van der Waals surface area contributed by atoms with Crippen molar-refractivity contribution >= 4 is 17.1 Å². The predicted octanol–water partition coefficient (Wildman–Crippen LogP) is -0.398. The average Bonchev–Trinajstić information content (AvgIpc) is 2.46. The number of hydrogen-bond donors (Lipinski definition) is 4. The highest BCUT2D eigenvalue weighted by Crippen LogP contribution is 2.02. The largest absolute Gasteiger partial charge is 0.325 e. The molecule has 0 amide bonds. The molecule has 2 aromatic heterocycles. The van der Waals surface area contributed by atoms with Gasteiger partial charge in [-0.1, -0.05) is 0 Å². The maximum atomic E-state index is 11.1. The highest BCUT2D eigenvalue weighted by atomic mass is 16.1. The van der Waals surface area contributed by atoms with Crippen molar-refractivity contribution < 1.29 is 0 Å². The van der Waals surface area contributed by atoms with Crippen LogP contribution in [0.25, 0.3) is 11.2 Å². The molecular formula is C5H4N6O2. The zero-order chi connectivity index (χ0) is 9.42. The maximum Gasteiger partial charge on any atom is 0.325 e. The van der Waals surface area contributed by atoms with E-state index in [1.54, 1.807) is 0 Å². The van der Waals surface area contributed by atoms with Gasteiger partial charge < -0.3 is 0 Å². The number of hydrogen-bond acceptors (Lipinski definition) is 5. The number of nitrogens with zero attached hydrogens (tertiary/aromatic N) is 2. The van der Waals surface area contributed by atoms with Crippen molar-refractivity contribution in [2.45, 2.75) is 0 Å². The minimum absolute atomic E-state index is 0.0531. The van der Waals surface area contributed by atoms with E-state index in [-0.39, 0.29) is 17.1 Å². The van der Waals surface area contributed by atoms with Gasteiger partial charge in [-0.05, 0) is 0 Å². The zero-order valence-corrected chi connectivity index (χ0v) is 6.21. The summed E-state index contributed by atoms with van der Waals surface area (Å²) in [7, 11) is 0. The summed E-state index contributed by atoms with van der Waals surface area (Å²) >= 11 is 0. The van der Waals surface area contributed by atoms with E-state index in [0.29, 0.717) is 0 Å². The highest BCUT2D eigenvalue weighted by molar-refractivity contribution is 5.69. The standard InChI is InChI=1S/C5H4N6O2/c6-11-4-8-2-1(3(12)10-4)7-5(13)9-2/h6H,(H3,7,8,9,10,12,13). The van der Waals surface area contributed by atoms with Gasteiger partial charge in [-0.25, -0.2) is 10.3 Å². The molecular weight excluding hydrogens is 176 g/mol. The summed E-state index contributed by atoms with van der Waals surface area (Å²) in [4.78, 5) is 32.3. The van der Waals surface area contributed by atoms with E-state index >= 15 is 0 Å². The van der Waals surface area contributed by atoms with Crippen LogP contribution < -0.4 is 11.2 Å². The molecule has 8 nitrogen and oxygen atoms in total. The third-order valence-electron chi connectivity index (χ3n) is 1.48. The molecule has 0 atom stereocenters. The second-order valence-corrected chi connectivity index (χ2v) is 2.30. The van der Waals surface area contributed by atoms with E-state index in [2.05, 4.69) is 25.1 Å². The monoisotopic (exact) mass is 180 g/mol. The minimum atomic E-state index is -0.533. The molecule has 13 heavy (non-hydrogen) atoms. The number of rotatable bonds is 1. The van der Waals surface area contributed by atoms with Crippen LogP contribution in [0.3, 0.4) is 0 Å². The SMILES string of the molecule is N=Nc1nc2[nH]c(=O)[nH]c2c(=O)[nH]1. The Hall–Kier alpha value is -2.25. The molecule has 0 aromatic carbocycles. The molecule has 0 saturated heterocycles. The van der Waals surface area contributed by atoms with Gasteiger partial charge in [0.25, 0.3) is 11.5 Å². The minimum Gasteiger partial charge on any atom is -0.300 e. The Morgan fingerprint density at radius 2 is 2.00 bits per heavy atom. The molecule has 2 heterocycles. The van der Waals surface area contributed by atoms with Crippen LogP contribution in [0.4, 0.5) is 5.95 Å². The maximum absolute atomic E-state index is 11.1. The molecule has 0 saturated carbocycles. The number of H-pyrrole nitrogens is 3. The Labute approximate surface area is 69.5 Å². The molecule has 0 aliphatic carbocycles. The predicted molar refractivity (Wildman–Crippen MR) is 42.1 cm³/mol. The van der Waals surface area contributed by atoms with Crippen LogP contribution in [-0.4, -0.2) is 19.9 Å². The van der Waals surface area contributed by atoms with Crippen LogP contribution in [0.2, 0.25) is 0 Å². The summed E-state index contributed by atoms with van der Waals surface area (Å²) in [6.45, 7) is 0. The van der Waals surface area contributed by atoms with E-state index in [1.807, 2.05) is 0 Å². The van der Waals surface area contributed by atoms with Crippen LogP contribution in [0.1, 0.15) is 0 Å². The van der Waals surface area contributed by atoms with Gasteiger partial charge in [0.1, 0.15) is 0 Å². The number of aromatic nitrogens is 4. The molecule has 0 fully saturated rings. The first-order chi connectivity index (χ1) is 6.20. The fraction of sp³-hybridized carbons (Fsp3) is 0. The number of fused-ring (bicyclic) bond motifs is 1. The van der Waals surface area contributed by atoms with Gasteiger partial charge in [0.2, 0.25) is 0 Å². The first kappa shape index (κ1) is 7.40. The molecule has 0 radical (unpaired) electrons. The molecule has 66 valence electrons. The van der Waals surface area contributed by atoms with Crippen molar-refractivity contribution in [3.05, 3.63) is 20.8 Å². The van der Waals surface area contributed by atoms with E-state index in [0.717, 1.165) is 0 Å². The van der Waals surface area contributed by atoms with Gasteiger partial charge in [0, 0.05) is 0 Å². The summed E-state index contributed by atoms with van der Waals surface area (Å²) in [5.74, 6) is -0.146. The van der Waals surface area contributed by atoms with Crippen molar-refractivity contribution in [2.24, 2.45) is 5.11 Å². The quantitative estimate of drug-likeness (QED) is 0.445. The van der Waals surface area contributed by atoms with Crippen LogP contribution in [0.15, 0.2) is 14.7 Å². The van der Waals surface area contributed by atoms with E-state index < -0.39 is 11.2 Å². The van der Waals surface area contributed by atoms with E-state index in [9.17, 15) is 9.59 Å². The second-order valence-electron chi connectivity index (χ2n) is 2.30. The lowest BCUT2D eigenvalue weighted by molar-refractivity contribution is 1.02. The summed E-state index contributed by atoms with van der Waals surface area (Å²) in [5.41, 5.74) is 5.71. The lowest BCUT2D eigenvalue weighted by atomic mass is 10.5. The van der Waals surface area contributed by atoms with Crippen LogP contribution in [0.5, 0.6) is 0 Å². The number of imidazole rings is 1. The van der Waals surface area contributed by atoms with Gasteiger partial charge >= 0.3 is 5.69 Å². The van der Waals surface area contributed by atoms with Gasteiger partial charge in [-0.2, -0.15) is 4.98 Å². The summed E-state index contributed by atoms with van der Waals surface area (Å²) in [5, 5.41) is 2.94. The van der Waals surface area contributed by atoms with Gasteiger partial charge in [-0.3, -0.25) is 19.7 Å². The summed E-state index contributed by atoms with van der Waals surface area (Å²) in [6.07, 6.45) is 0. The van der Waals surface area contributed by atoms with Gasteiger partial charge in [-0.15, -0.1) is 5.11 Å². The van der Waals surface area contributed by atoms with Gasteiger partial charge in [0.15, 0.2) is 11.2 Å². The Balaban J connectivity index is 2.99. The molecule has 2 rings (SSSR count). The third-order valence-corrected chi connectivity index (χ3v) is 1.48. The average molecular weight is 180 g/mol. The van der Waals surface area contributed by atoms with Crippen molar-refractivity contribution in [2.75, 3.05) is 0 Å². The van der Waals surface area contributed by atoms with E-state index in [4.69, 9.17) is 5.53 Å². The Morgan fingerprint density at radius 3 is 2.69 bits per heavy atom. The molecule has 0 spiro atoms. The topological polar surface area (TPSA) is 131 Å². The second kappa shape index (κ2) is 2.37. The molecule has 0 aliphatic heterocycles. The molecule has 0 unspecified atom stereocenters. The fourth-order valence-electron chi connectivity index (χ4n) is 0.973.